The summed E-state index contributed by atoms with van der Waals surface area (Å²) in [7, 11) is 4.86. The predicted octanol–water partition coefficient (Wildman–Crippen LogP) is 13.4. The number of hydrogen-bond donors (Lipinski definition) is 6. The second-order valence-corrected chi connectivity index (χ2v) is 25.7. The maximum Gasteiger partial charge on any atom is 0.573 e. The Labute approximate surface area is 575 Å². The van der Waals surface area contributed by atoms with Crippen LogP contribution >= 0.6 is 0 Å². The number of alkyl halides is 3. The highest BCUT2D eigenvalue weighted by atomic mass is 19.4. The van der Waals surface area contributed by atoms with Crippen LogP contribution < -0.4 is 27.3 Å². The fourth-order valence-electron chi connectivity index (χ4n) is 14.5. The Hall–Kier alpha value is -11.5. The van der Waals surface area contributed by atoms with Crippen LogP contribution in [0.25, 0.3) is 83.3 Å². The van der Waals surface area contributed by atoms with Gasteiger partial charge in [0.05, 0.1) is 43.0 Å². The summed E-state index contributed by atoms with van der Waals surface area (Å²) in [4.78, 5) is 70.4. The number of halogens is 4. The second-order valence-electron chi connectivity index (χ2n) is 25.7. The Kier molecular flexibility index (Phi) is 18.9. The molecule has 522 valence electrons. The monoisotopic (exact) mass is 1380 g/mol. The lowest BCUT2D eigenvalue weighted by molar-refractivity contribution is -0.274. The zero-order valence-electron chi connectivity index (χ0n) is 55.0. The largest absolute Gasteiger partial charge is 0.573 e. The number of hydrogen-bond acceptors (Lipinski definition) is 18. The molecule has 1 amide bonds. The summed E-state index contributed by atoms with van der Waals surface area (Å²) in [6, 6.07) is 28.7. The third-order valence-corrected chi connectivity index (χ3v) is 19.6. The van der Waals surface area contributed by atoms with Crippen LogP contribution in [0.4, 0.5) is 40.7 Å². The van der Waals surface area contributed by atoms with Crippen LogP contribution in [0.15, 0.2) is 122 Å². The van der Waals surface area contributed by atoms with Gasteiger partial charge >= 0.3 is 18.3 Å². The first-order valence-corrected chi connectivity index (χ1v) is 33.0. The number of methoxy groups -OCH3 is 2. The first kappa shape index (κ1) is 68.0. The van der Waals surface area contributed by atoms with Crippen LogP contribution in [-0.2, 0) is 30.9 Å². The van der Waals surface area contributed by atoms with Crippen LogP contribution in [0.5, 0.6) is 5.75 Å². The number of benzene rings is 4. The van der Waals surface area contributed by atoms with E-state index in [9.17, 15) is 31.9 Å². The number of amides is 1. The number of rotatable bonds is 11. The highest BCUT2D eigenvalue weighted by Gasteiger charge is 2.36. The molecule has 25 nitrogen and oxygen atoms in total. The van der Waals surface area contributed by atoms with Crippen molar-refractivity contribution in [3.8, 4) is 39.8 Å². The molecule has 0 saturated heterocycles. The molecule has 0 unspecified atom stereocenters. The number of imidazole rings is 3. The molecule has 3 aliphatic rings. The van der Waals surface area contributed by atoms with E-state index in [1.54, 1.807) is 33.3 Å². The molecule has 3 fully saturated rings. The van der Waals surface area contributed by atoms with Crippen LogP contribution in [0.2, 0.25) is 0 Å². The van der Waals surface area contributed by atoms with Gasteiger partial charge in [-0.05, 0) is 143 Å². The van der Waals surface area contributed by atoms with E-state index >= 15 is 0 Å². The van der Waals surface area contributed by atoms with Crippen LogP contribution in [0.1, 0.15) is 125 Å². The third-order valence-electron chi connectivity index (χ3n) is 19.6. The Morgan fingerprint density at radius 1 is 0.554 bits per heavy atom. The van der Waals surface area contributed by atoms with E-state index < -0.39 is 6.36 Å². The molecule has 9 heterocycles. The van der Waals surface area contributed by atoms with Gasteiger partial charge in [-0.15, -0.1) is 13.2 Å². The van der Waals surface area contributed by atoms with E-state index in [1.165, 1.54) is 62.9 Å². The molecule has 3 saturated carbocycles. The van der Waals surface area contributed by atoms with Crippen LogP contribution in [0, 0.1) is 30.5 Å². The molecule has 9 N–H and O–H groups in total. The third kappa shape index (κ3) is 13.5. The normalized spacial score (nSPS) is 18.6. The molecule has 0 radical (unpaired) electrons. The first-order valence-electron chi connectivity index (χ1n) is 33.0. The van der Waals surface area contributed by atoms with Crippen LogP contribution in [-0.4, -0.2) is 112 Å². The van der Waals surface area contributed by atoms with Gasteiger partial charge in [0, 0.05) is 70.0 Å². The molecule has 4 aromatic carbocycles. The minimum absolute atomic E-state index is 0. The van der Waals surface area contributed by atoms with Gasteiger partial charge in [0.2, 0.25) is 5.91 Å². The molecule has 13 aromatic rings. The van der Waals surface area contributed by atoms with Gasteiger partial charge in [-0.25, -0.2) is 47.8 Å². The molecule has 29 heteroatoms. The molecule has 3 aliphatic carbocycles. The number of nitrogens with zero attached hydrogens (tertiary/aromatic N) is 13. The first-order chi connectivity index (χ1) is 48.3. The van der Waals surface area contributed by atoms with Gasteiger partial charge < -0.3 is 51.3 Å². The SMILES string of the molecule is C.COC(=O)C1CCC(c2nc(-c3cc4cccc(OC(F)(F)F)c4[nH]3)c3c(N)ncnn23)CC1.COC(=O)C1CCC(c2nc(-c3ccc4ccn(C)c4c3)c3c(N)ncnn23)CC1.Cc1cccc2cc(-c3nc(C4CCC(C(=O)Nc5cccc(F)c5)CC4)n4ncnc(N)c34)[nH]c12. The Bertz CT molecular complexity index is 5240. The summed E-state index contributed by atoms with van der Waals surface area (Å²) < 4.78 is 73.3. The van der Waals surface area contributed by atoms with Gasteiger partial charge in [0.25, 0.3) is 0 Å². The van der Waals surface area contributed by atoms with Crippen molar-refractivity contribution in [2.24, 2.45) is 24.8 Å². The van der Waals surface area contributed by atoms with E-state index in [0.29, 0.717) is 89.5 Å². The topological polar surface area (TPSA) is 335 Å². The minimum atomic E-state index is -4.82. The number of nitrogen functional groups attached to an aromatic ring is 3. The number of H-pyrrole nitrogens is 2. The summed E-state index contributed by atoms with van der Waals surface area (Å²) in [6.07, 6.45) is 10.5. The number of aromatic nitrogens is 15. The Morgan fingerprint density at radius 2 is 1.02 bits per heavy atom. The number of aromatic amines is 2. The molecule has 101 heavy (non-hydrogen) atoms. The van der Waals surface area contributed by atoms with Crippen molar-refractivity contribution in [2.75, 3.05) is 36.7 Å². The highest BCUT2D eigenvalue weighted by Crippen LogP contribution is 2.44. The zero-order chi connectivity index (χ0) is 69.7. The summed E-state index contributed by atoms with van der Waals surface area (Å²) >= 11 is 0. The maximum absolute atomic E-state index is 13.5. The summed E-state index contributed by atoms with van der Waals surface area (Å²) in [6.45, 7) is 2.07. The van der Waals surface area contributed by atoms with Crippen molar-refractivity contribution in [2.45, 2.75) is 116 Å². The quantitative estimate of drug-likeness (QED) is 0.0517. The molecule has 0 bridgehead atoms. The summed E-state index contributed by atoms with van der Waals surface area (Å²) in [5, 5.41) is 18.9. The van der Waals surface area contributed by atoms with Crippen molar-refractivity contribution in [1.29, 1.82) is 0 Å². The van der Waals surface area contributed by atoms with Crippen LogP contribution in [0.3, 0.4) is 0 Å². The average molecular weight is 1380 g/mol. The van der Waals surface area contributed by atoms with Crippen molar-refractivity contribution in [3.05, 3.63) is 151 Å². The maximum atomic E-state index is 13.5. The number of nitrogens with two attached hydrogens (primary N) is 3. The van der Waals surface area contributed by atoms with Crippen molar-refractivity contribution < 1.29 is 46.2 Å². The number of carbonyl (C=O) groups is 3. The Morgan fingerprint density at radius 3 is 1.51 bits per heavy atom. The number of aryl methyl sites for hydroxylation is 2. The average Bonchev–Trinajstić information content (AvgIpc) is 1.62. The number of fused-ring (bicyclic) bond motifs is 6. The molecular weight excluding hydrogens is 1300 g/mol. The van der Waals surface area contributed by atoms with E-state index in [0.717, 1.165) is 100 Å². The number of nitrogens with one attached hydrogen (secondary N) is 3. The van der Waals surface area contributed by atoms with Crippen molar-refractivity contribution >= 4 is 90.2 Å². The van der Waals surface area contributed by atoms with Crippen molar-refractivity contribution in [3.63, 3.8) is 0 Å². The van der Waals surface area contributed by atoms with Gasteiger partial charge in [0.15, 0.2) is 23.2 Å². The zero-order valence-corrected chi connectivity index (χ0v) is 55.0. The molecule has 9 aromatic heterocycles. The van der Waals surface area contributed by atoms with Gasteiger partial charge in [-0.2, -0.15) is 15.3 Å². The number of anilines is 4. The molecule has 16 rings (SSSR count). The lowest BCUT2D eigenvalue weighted by Crippen LogP contribution is -2.27. The molecule has 0 atom stereocenters. The standard InChI is InChI=1S/C27H26FN7O.C22H21F3N6O3.C22H24N6O2.CH4/c1-15-4-2-5-18-12-21(33-22(15)18)23-24-25(29)30-14-31-35(24)26(34-23)16-8-10-17(11-9-16)27(36)32-20-7-3-6-19(28)13-20;1-33-21(32)12-7-5-11(6-8-12)20-30-17(18-19(26)27-10-28-31(18)20)14-9-13-3-2-4-15(16(13)29-14)34-22(23,24)25;1-27-10-9-13-3-8-16(11-17(13)27)18-19-20(23)24-12-25-28(19)21(26-18)14-4-6-15(7-5-14)22(29)30-2;/h2-7,12-14,16-17,33H,8-11H2,1H3,(H,32,36)(H2,29,30,31);2-4,9-12,29H,5-8H2,1H3,(H2,26,27,28);3,8-12,14-15H,4-7H2,1-2H3,(H2,23,24,25);1H4. The van der Waals surface area contributed by atoms with E-state index in [2.05, 4.69) is 104 Å². The molecular formula is C72H75F4N19O6. The summed E-state index contributed by atoms with van der Waals surface area (Å²) in [5.41, 5.74) is 28.9. The van der Waals surface area contributed by atoms with E-state index in [-0.39, 0.29) is 83.7 Å². The highest BCUT2D eigenvalue weighted by molar-refractivity contribution is 5.96. The summed E-state index contributed by atoms with van der Waals surface area (Å²) in [5.74, 6) is 2.26. The lowest BCUT2D eigenvalue weighted by atomic mass is 9.81. The Balaban J connectivity index is 0.000000135. The smallest absolute Gasteiger partial charge is 0.469 e. The van der Waals surface area contributed by atoms with Crippen molar-refractivity contribution in [1.82, 2.24) is 73.3 Å². The molecule has 0 spiro atoms. The van der Waals surface area contributed by atoms with Gasteiger partial charge in [-0.3, -0.25) is 14.4 Å². The fraction of sp³-hybridized carbons (Fsp3) is 0.333. The van der Waals surface area contributed by atoms with E-state index in [4.69, 9.17) is 41.6 Å². The minimum Gasteiger partial charge on any atom is -0.469 e. The van der Waals surface area contributed by atoms with Gasteiger partial charge in [0.1, 0.15) is 75.9 Å². The predicted molar refractivity (Wildman–Crippen MR) is 373 cm³/mol. The number of esters is 2. The van der Waals surface area contributed by atoms with E-state index in [1.807, 2.05) is 23.8 Å². The number of carbonyl (C=O) groups excluding carboxylic acids is 3. The molecule has 0 aliphatic heterocycles. The second kappa shape index (κ2) is 28.0. The lowest BCUT2D eigenvalue weighted by Gasteiger charge is -2.26. The van der Waals surface area contributed by atoms with Gasteiger partial charge in [-0.1, -0.05) is 56.0 Å². The fourth-order valence-corrected chi connectivity index (χ4v) is 14.5. The number of para-hydroxylation sites is 2. The number of ether oxygens (including phenoxy) is 3.